The van der Waals surface area contributed by atoms with Gasteiger partial charge in [0, 0.05) is 19.0 Å². The molecule has 1 aromatic heterocycles. The van der Waals surface area contributed by atoms with E-state index in [2.05, 4.69) is 61.3 Å². The molecule has 2 saturated heterocycles. The Labute approximate surface area is 205 Å². The molecule has 2 fully saturated rings. The van der Waals surface area contributed by atoms with Gasteiger partial charge in [0.2, 0.25) is 0 Å². The second-order valence-corrected chi connectivity index (χ2v) is 11.7. The number of urea groups is 1. The molecule has 6 nitrogen and oxygen atoms in total. The van der Waals surface area contributed by atoms with Crippen molar-refractivity contribution in [1.29, 1.82) is 0 Å². The van der Waals surface area contributed by atoms with Gasteiger partial charge in [-0.3, -0.25) is 9.69 Å². The quantitative estimate of drug-likeness (QED) is 0.526. The zero-order valence-corrected chi connectivity index (χ0v) is 21.1. The average Bonchev–Trinajstić information content (AvgIpc) is 3.34. The van der Waals surface area contributed by atoms with E-state index < -0.39 is 5.54 Å². The maximum atomic E-state index is 13.4. The predicted molar refractivity (Wildman–Crippen MR) is 136 cm³/mol. The fourth-order valence-corrected chi connectivity index (χ4v) is 6.05. The van der Waals surface area contributed by atoms with Crippen LogP contribution in [-0.4, -0.2) is 46.5 Å². The van der Waals surface area contributed by atoms with Gasteiger partial charge in [0.1, 0.15) is 5.54 Å². The number of aromatic nitrogens is 1. The first kappa shape index (κ1) is 23.0. The second-order valence-electron chi connectivity index (χ2n) is 10.7. The summed E-state index contributed by atoms with van der Waals surface area (Å²) in [5, 5.41) is 4.14. The van der Waals surface area contributed by atoms with Gasteiger partial charge in [-0.2, -0.15) is 0 Å². The highest BCUT2D eigenvalue weighted by molar-refractivity contribution is 7.18. The van der Waals surface area contributed by atoms with Crippen LogP contribution in [-0.2, 0) is 15.7 Å². The minimum Gasteiger partial charge on any atom is -0.319 e. The summed E-state index contributed by atoms with van der Waals surface area (Å²) in [7, 11) is 0. The molecule has 1 unspecified atom stereocenters. The fraction of sp³-hybridized carbons (Fsp3) is 0.444. The van der Waals surface area contributed by atoms with E-state index in [-0.39, 0.29) is 17.4 Å². The lowest BCUT2D eigenvalue weighted by atomic mass is 9.84. The monoisotopic (exact) mass is 476 g/mol. The smallest absolute Gasteiger partial charge is 0.319 e. The molecular weight excluding hydrogens is 444 g/mol. The third-order valence-electron chi connectivity index (χ3n) is 7.19. The van der Waals surface area contributed by atoms with Crippen LogP contribution in [0.25, 0.3) is 10.2 Å². The van der Waals surface area contributed by atoms with E-state index in [0.29, 0.717) is 12.6 Å². The van der Waals surface area contributed by atoms with Crippen LogP contribution in [0.1, 0.15) is 62.6 Å². The molecule has 3 amide bonds. The molecule has 1 N–H and O–H groups in total. The third-order valence-corrected chi connectivity index (χ3v) is 8.39. The summed E-state index contributed by atoms with van der Waals surface area (Å²) >= 11 is 1.78. The molecule has 0 spiro atoms. The Bertz CT molecular complexity index is 1190. The predicted octanol–water partition coefficient (Wildman–Crippen LogP) is 5.20. The summed E-state index contributed by atoms with van der Waals surface area (Å²) < 4.78 is 1.23. The molecule has 2 aliphatic rings. The van der Waals surface area contributed by atoms with Crippen molar-refractivity contribution in [2.75, 3.05) is 19.8 Å². The number of benzene rings is 2. The fourth-order valence-electron chi connectivity index (χ4n) is 4.91. The summed E-state index contributed by atoms with van der Waals surface area (Å²) in [6.07, 6.45) is 1.96. The van der Waals surface area contributed by atoms with E-state index in [1.54, 1.807) is 18.3 Å². The van der Waals surface area contributed by atoms with Crippen molar-refractivity contribution in [3.05, 3.63) is 64.7 Å². The van der Waals surface area contributed by atoms with Crippen molar-refractivity contribution in [3.63, 3.8) is 0 Å². The van der Waals surface area contributed by atoms with Gasteiger partial charge >= 0.3 is 6.03 Å². The van der Waals surface area contributed by atoms with Gasteiger partial charge in [-0.05, 0) is 48.4 Å². The van der Waals surface area contributed by atoms with Crippen molar-refractivity contribution in [1.82, 2.24) is 20.1 Å². The van der Waals surface area contributed by atoms with E-state index in [4.69, 9.17) is 4.98 Å². The molecule has 3 heterocycles. The Morgan fingerprint density at radius 3 is 2.38 bits per heavy atom. The maximum absolute atomic E-state index is 13.4. The molecule has 0 bridgehead atoms. The van der Waals surface area contributed by atoms with E-state index >= 15 is 0 Å². The molecule has 1 atom stereocenters. The van der Waals surface area contributed by atoms with Gasteiger partial charge in [0.05, 0.1) is 21.9 Å². The standard InChI is InChI=1S/C27H32N4O2S/c1-26(2,3)19-9-11-20(12-10-19)27(4)24(32)31(25(33)29-27)17-30-15-13-18(14-16-30)23-28-21-7-5-6-8-22(21)34-23/h5-12,18H,13-17H2,1-4H3,(H,29,33). The SMILES string of the molecule is CC(C)(C)c1ccc(C2(C)NC(=O)N(CN3CCC(c4nc5ccccc5s4)CC3)C2=O)cc1. The molecule has 7 heteroatoms. The van der Waals surface area contributed by atoms with Gasteiger partial charge in [-0.25, -0.2) is 14.7 Å². The molecule has 0 radical (unpaired) electrons. The van der Waals surface area contributed by atoms with E-state index in [1.807, 2.05) is 18.2 Å². The Hall–Kier alpha value is -2.77. The molecule has 5 rings (SSSR count). The molecule has 0 saturated carbocycles. The van der Waals surface area contributed by atoms with Crippen LogP contribution in [0.5, 0.6) is 0 Å². The number of rotatable bonds is 4. The number of amides is 3. The molecule has 3 aromatic rings. The van der Waals surface area contributed by atoms with Crippen LogP contribution in [0.15, 0.2) is 48.5 Å². The number of fused-ring (bicyclic) bond motifs is 1. The second kappa shape index (κ2) is 8.47. The molecule has 2 aromatic carbocycles. The number of nitrogens with zero attached hydrogens (tertiary/aromatic N) is 3. The lowest BCUT2D eigenvalue weighted by Crippen LogP contribution is -2.46. The van der Waals surface area contributed by atoms with Crippen LogP contribution < -0.4 is 5.32 Å². The lowest BCUT2D eigenvalue weighted by Gasteiger charge is -2.33. The van der Waals surface area contributed by atoms with Crippen molar-refractivity contribution in [3.8, 4) is 0 Å². The number of likely N-dealkylation sites (tertiary alicyclic amines) is 1. The maximum Gasteiger partial charge on any atom is 0.326 e. The Morgan fingerprint density at radius 1 is 1.06 bits per heavy atom. The normalized spacial score (nSPS) is 22.5. The summed E-state index contributed by atoms with van der Waals surface area (Å²) in [6.45, 7) is 10.3. The number of para-hydroxylation sites is 1. The number of hydrogen-bond acceptors (Lipinski definition) is 5. The average molecular weight is 477 g/mol. The van der Waals surface area contributed by atoms with Crippen molar-refractivity contribution in [2.45, 2.75) is 57.4 Å². The van der Waals surface area contributed by atoms with Gasteiger partial charge in [-0.1, -0.05) is 57.2 Å². The number of piperidine rings is 1. The Balaban J connectivity index is 1.24. The van der Waals surface area contributed by atoms with Crippen LogP contribution in [0.4, 0.5) is 4.79 Å². The van der Waals surface area contributed by atoms with Gasteiger partial charge in [-0.15, -0.1) is 11.3 Å². The summed E-state index contributed by atoms with van der Waals surface area (Å²) in [5.74, 6) is 0.248. The van der Waals surface area contributed by atoms with Crippen LogP contribution >= 0.6 is 11.3 Å². The van der Waals surface area contributed by atoms with Crippen LogP contribution in [0.3, 0.4) is 0 Å². The van der Waals surface area contributed by atoms with Gasteiger partial charge in [0.25, 0.3) is 5.91 Å². The summed E-state index contributed by atoms with van der Waals surface area (Å²) in [4.78, 5) is 34.6. The van der Waals surface area contributed by atoms with E-state index in [9.17, 15) is 9.59 Å². The van der Waals surface area contributed by atoms with Crippen molar-refractivity contribution in [2.24, 2.45) is 0 Å². The molecule has 178 valence electrons. The lowest BCUT2D eigenvalue weighted by molar-refractivity contribution is -0.132. The minimum atomic E-state index is -1.03. The Morgan fingerprint density at radius 2 is 1.74 bits per heavy atom. The van der Waals surface area contributed by atoms with Gasteiger partial charge < -0.3 is 5.32 Å². The number of carbonyl (C=O) groups excluding carboxylic acids is 2. The number of imide groups is 1. The van der Waals surface area contributed by atoms with E-state index in [1.165, 1.54) is 20.2 Å². The molecular formula is C27H32N4O2S. The minimum absolute atomic E-state index is 0.0336. The first-order valence-electron chi connectivity index (χ1n) is 12.0. The number of hydrogen-bond donors (Lipinski definition) is 1. The Kier molecular flexibility index (Phi) is 5.73. The van der Waals surface area contributed by atoms with Gasteiger partial charge in [0.15, 0.2) is 0 Å². The largest absolute Gasteiger partial charge is 0.326 e. The van der Waals surface area contributed by atoms with Crippen LogP contribution in [0, 0.1) is 0 Å². The highest BCUT2D eigenvalue weighted by Crippen LogP contribution is 2.35. The first-order valence-corrected chi connectivity index (χ1v) is 12.8. The topological polar surface area (TPSA) is 65.5 Å². The van der Waals surface area contributed by atoms with Crippen molar-refractivity contribution >= 4 is 33.5 Å². The number of thiazole rings is 1. The zero-order chi connectivity index (χ0) is 24.1. The molecule has 0 aliphatic carbocycles. The number of carbonyl (C=O) groups is 2. The van der Waals surface area contributed by atoms with Crippen molar-refractivity contribution < 1.29 is 9.59 Å². The molecule has 2 aliphatic heterocycles. The highest BCUT2D eigenvalue weighted by atomic mass is 32.1. The summed E-state index contributed by atoms with van der Waals surface area (Å²) in [6, 6.07) is 16.0. The third kappa shape index (κ3) is 4.12. The molecule has 34 heavy (non-hydrogen) atoms. The number of nitrogens with one attached hydrogen (secondary N) is 1. The van der Waals surface area contributed by atoms with E-state index in [0.717, 1.165) is 37.0 Å². The zero-order valence-electron chi connectivity index (χ0n) is 20.3. The van der Waals surface area contributed by atoms with Crippen LogP contribution in [0.2, 0.25) is 0 Å². The first-order chi connectivity index (χ1) is 16.1. The summed E-state index contributed by atoms with van der Waals surface area (Å²) in [5.41, 5.74) is 2.08. The highest BCUT2D eigenvalue weighted by Gasteiger charge is 2.49.